The first-order valence-corrected chi connectivity index (χ1v) is 8.08. The summed E-state index contributed by atoms with van der Waals surface area (Å²) in [7, 11) is 0. The van der Waals surface area contributed by atoms with Gasteiger partial charge in [-0.05, 0) is 37.7 Å². The highest BCUT2D eigenvalue weighted by Gasteiger charge is 2.28. The number of aryl methyl sites for hydroxylation is 1. The molecule has 2 aliphatic rings. The number of aromatic nitrogens is 3. The molecule has 7 nitrogen and oxygen atoms in total. The zero-order valence-corrected chi connectivity index (χ0v) is 13.1. The number of hydrogen-bond acceptors (Lipinski definition) is 5. The fourth-order valence-electron chi connectivity index (χ4n) is 2.89. The van der Waals surface area contributed by atoms with E-state index < -0.39 is 0 Å². The molecular weight excluding hydrogens is 296 g/mol. The van der Waals surface area contributed by atoms with E-state index in [2.05, 4.69) is 21.8 Å². The highest BCUT2D eigenvalue weighted by Crippen LogP contribution is 2.32. The van der Waals surface area contributed by atoms with Crippen LogP contribution >= 0.6 is 0 Å². The Morgan fingerprint density at radius 2 is 2.35 bits per heavy atom. The summed E-state index contributed by atoms with van der Waals surface area (Å²) in [5.74, 6) is 1.14. The SMILES string of the molecule is Cc1cc(C(=O)NC[C@H]2OCCc3cn(CC4CC4)nc32)no1. The molecule has 1 amide bonds. The molecule has 23 heavy (non-hydrogen) atoms. The maximum Gasteiger partial charge on any atom is 0.273 e. The van der Waals surface area contributed by atoms with Gasteiger partial charge in [0.1, 0.15) is 11.9 Å². The lowest BCUT2D eigenvalue weighted by Crippen LogP contribution is -2.32. The average Bonchev–Trinajstić information content (AvgIpc) is 3.07. The molecule has 0 saturated heterocycles. The third-order valence-electron chi connectivity index (χ3n) is 4.32. The predicted molar refractivity (Wildman–Crippen MR) is 80.9 cm³/mol. The third kappa shape index (κ3) is 3.14. The highest BCUT2D eigenvalue weighted by molar-refractivity contribution is 5.92. The number of carbonyl (C=O) groups excluding carboxylic acids is 1. The van der Waals surface area contributed by atoms with E-state index in [0.717, 1.165) is 24.6 Å². The van der Waals surface area contributed by atoms with Gasteiger partial charge in [0, 0.05) is 25.4 Å². The molecule has 2 aromatic rings. The van der Waals surface area contributed by atoms with Gasteiger partial charge in [-0.3, -0.25) is 9.48 Å². The molecule has 1 atom stereocenters. The zero-order chi connectivity index (χ0) is 15.8. The maximum absolute atomic E-state index is 12.1. The van der Waals surface area contributed by atoms with Crippen molar-refractivity contribution in [1.29, 1.82) is 0 Å². The largest absolute Gasteiger partial charge is 0.370 e. The van der Waals surface area contributed by atoms with E-state index >= 15 is 0 Å². The van der Waals surface area contributed by atoms with Gasteiger partial charge in [-0.1, -0.05) is 5.16 Å². The molecule has 0 radical (unpaired) electrons. The molecule has 4 rings (SSSR count). The van der Waals surface area contributed by atoms with Crippen LogP contribution in [-0.4, -0.2) is 34.0 Å². The van der Waals surface area contributed by atoms with E-state index in [9.17, 15) is 4.79 Å². The van der Waals surface area contributed by atoms with Crippen molar-refractivity contribution in [2.75, 3.05) is 13.2 Å². The number of fused-ring (bicyclic) bond motifs is 1. The maximum atomic E-state index is 12.1. The molecule has 1 N–H and O–H groups in total. The van der Waals surface area contributed by atoms with Crippen LogP contribution in [0, 0.1) is 12.8 Å². The predicted octanol–water partition coefficient (Wildman–Crippen LogP) is 1.63. The minimum absolute atomic E-state index is 0.198. The number of nitrogens with zero attached hydrogens (tertiary/aromatic N) is 3. The Hall–Kier alpha value is -2.15. The Kier molecular flexibility index (Phi) is 3.65. The second-order valence-corrected chi connectivity index (χ2v) is 6.35. The van der Waals surface area contributed by atoms with Gasteiger partial charge < -0.3 is 14.6 Å². The van der Waals surface area contributed by atoms with Crippen LogP contribution in [0.5, 0.6) is 0 Å². The molecular formula is C16H20N4O3. The average molecular weight is 316 g/mol. The molecule has 122 valence electrons. The van der Waals surface area contributed by atoms with Crippen molar-refractivity contribution in [1.82, 2.24) is 20.3 Å². The van der Waals surface area contributed by atoms with Crippen molar-refractivity contribution in [3.05, 3.63) is 35.0 Å². The van der Waals surface area contributed by atoms with Crippen LogP contribution < -0.4 is 5.32 Å². The van der Waals surface area contributed by atoms with Crippen LogP contribution in [-0.2, 0) is 17.7 Å². The summed E-state index contributed by atoms with van der Waals surface area (Å²) in [6, 6.07) is 1.62. The molecule has 1 aliphatic carbocycles. The topological polar surface area (TPSA) is 82.2 Å². The van der Waals surface area contributed by atoms with Crippen molar-refractivity contribution >= 4 is 5.91 Å². The van der Waals surface area contributed by atoms with Crippen molar-refractivity contribution in [2.24, 2.45) is 5.92 Å². The van der Waals surface area contributed by atoms with Crippen molar-refractivity contribution < 1.29 is 14.1 Å². The van der Waals surface area contributed by atoms with Gasteiger partial charge in [0.15, 0.2) is 5.69 Å². The summed E-state index contributed by atoms with van der Waals surface area (Å²) < 4.78 is 12.8. The molecule has 1 saturated carbocycles. The summed E-state index contributed by atoms with van der Waals surface area (Å²) in [6.07, 6.45) is 5.42. The Labute approximate surface area is 134 Å². The van der Waals surface area contributed by atoms with Gasteiger partial charge in [-0.15, -0.1) is 0 Å². The first kappa shape index (κ1) is 14.4. The van der Waals surface area contributed by atoms with E-state index in [-0.39, 0.29) is 17.7 Å². The molecule has 2 aromatic heterocycles. The number of ether oxygens (including phenoxy) is 1. The van der Waals surface area contributed by atoms with Gasteiger partial charge in [0.25, 0.3) is 5.91 Å². The van der Waals surface area contributed by atoms with Gasteiger partial charge in [0.2, 0.25) is 0 Å². The second kappa shape index (κ2) is 5.81. The molecule has 3 heterocycles. The number of hydrogen-bond donors (Lipinski definition) is 1. The molecule has 0 spiro atoms. The molecule has 1 aliphatic heterocycles. The number of amides is 1. The van der Waals surface area contributed by atoms with Crippen LogP contribution in [0.15, 0.2) is 16.8 Å². The van der Waals surface area contributed by atoms with E-state index in [1.54, 1.807) is 13.0 Å². The summed E-state index contributed by atoms with van der Waals surface area (Å²) in [4.78, 5) is 12.1. The minimum Gasteiger partial charge on any atom is -0.370 e. The van der Waals surface area contributed by atoms with Crippen molar-refractivity contribution in [3.8, 4) is 0 Å². The molecule has 1 fully saturated rings. The van der Waals surface area contributed by atoms with Crippen LogP contribution in [0.1, 0.15) is 46.5 Å². The van der Waals surface area contributed by atoms with Crippen LogP contribution in [0.3, 0.4) is 0 Å². The summed E-state index contributed by atoms with van der Waals surface area (Å²) in [5.41, 5.74) is 2.47. The van der Waals surface area contributed by atoms with Crippen LogP contribution in [0.25, 0.3) is 0 Å². The van der Waals surface area contributed by atoms with E-state index in [1.165, 1.54) is 18.4 Å². The minimum atomic E-state index is -0.255. The van der Waals surface area contributed by atoms with Crippen molar-refractivity contribution in [2.45, 2.75) is 38.8 Å². The second-order valence-electron chi connectivity index (χ2n) is 6.35. The first-order valence-electron chi connectivity index (χ1n) is 8.08. The third-order valence-corrected chi connectivity index (χ3v) is 4.32. The smallest absolute Gasteiger partial charge is 0.273 e. The number of rotatable bonds is 5. The molecule has 0 aromatic carbocycles. The quantitative estimate of drug-likeness (QED) is 0.906. The van der Waals surface area contributed by atoms with Gasteiger partial charge in [-0.25, -0.2) is 0 Å². The zero-order valence-electron chi connectivity index (χ0n) is 13.1. The standard InChI is InChI=1S/C16H20N4O3/c1-10-6-13(19-23-10)16(21)17-7-14-15-12(4-5-22-14)9-20(18-15)8-11-2-3-11/h6,9,11,14H,2-5,7-8H2,1H3,(H,17,21)/t14-/m1/s1. The molecule has 0 unspecified atom stereocenters. The highest BCUT2D eigenvalue weighted by atomic mass is 16.5. The lowest BCUT2D eigenvalue weighted by atomic mass is 10.1. The summed E-state index contributed by atoms with van der Waals surface area (Å²) in [6.45, 7) is 3.79. The van der Waals surface area contributed by atoms with E-state index in [4.69, 9.17) is 9.26 Å². The first-order chi connectivity index (χ1) is 11.2. The van der Waals surface area contributed by atoms with Crippen LogP contribution in [0.4, 0.5) is 0 Å². The Balaban J connectivity index is 1.41. The number of nitrogens with one attached hydrogen (secondary N) is 1. The van der Waals surface area contributed by atoms with E-state index in [1.807, 2.05) is 4.68 Å². The van der Waals surface area contributed by atoms with Gasteiger partial charge in [-0.2, -0.15) is 5.10 Å². The van der Waals surface area contributed by atoms with Crippen LogP contribution in [0.2, 0.25) is 0 Å². The fraction of sp³-hybridized carbons (Fsp3) is 0.562. The normalized spacial score (nSPS) is 20.3. The summed E-state index contributed by atoms with van der Waals surface area (Å²) in [5, 5.41) is 11.2. The van der Waals surface area contributed by atoms with Crippen molar-refractivity contribution in [3.63, 3.8) is 0 Å². The molecule has 0 bridgehead atoms. The fourth-order valence-corrected chi connectivity index (χ4v) is 2.89. The Morgan fingerprint density at radius 3 is 3.09 bits per heavy atom. The molecule has 7 heteroatoms. The summed E-state index contributed by atoms with van der Waals surface area (Å²) >= 11 is 0. The van der Waals surface area contributed by atoms with Gasteiger partial charge >= 0.3 is 0 Å². The Bertz CT molecular complexity index is 717. The van der Waals surface area contributed by atoms with E-state index in [0.29, 0.717) is 18.9 Å². The van der Waals surface area contributed by atoms with Gasteiger partial charge in [0.05, 0.1) is 12.3 Å². The monoisotopic (exact) mass is 316 g/mol. The number of carbonyl (C=O) groups is 1. The lowest BCUT2D eigenvalue weighted by Gasteiger charge is -2.21. The Morgan fingerprint density at radius 1 is 1.48 bits per heavy atom. The lowest BCUT2D eigenvalue weighted by molar-refractivity contribution is 0.0382.